The number of nitrogens with one attached hydrogen (secondary N) is 2. The number of halogens is 1. The molecule has 0 spiro atoms. The maximum absolute atomic E-state index is 13.9. The van der Waals surface area contributed by atoms with Gasteiger partial charge in [0.15, 0.2) is 5.82 Å². The molecule has 0 atom stereocenters. The van der Waals surface area contributed by atoms with E-state index in [1.54, 1.807) is 18.3 Å². The van der Waals surface area contributed by atoms with Crippen LogP contribution in [0.4, 0.5) is 15.8 Å². The van der Waals surface area contributed by atoms with Gasteiger partial charge in [-0.25, -0.2) is 4.39 Å². The van der Waals surface area contributed by atoms with Crippen molar-refractivity contribution < 1.29 is 9.18 Å². The van der Waals surface area contributed by atoms with Crippen molar-refractivity contribution in [2.24, 2.45) is 0 Å². The lowest BCUT2D eigenvalue weighted by Gasteiger charge is -2.09. The molecule has 0 fully saturated rings. The molecule has 0 aliphatic carbocycles. The highest BCUT2D eigenvalue weighted by molar-refractivity contribution is 5.74. The summed E-state index contributed by atoms with van der Waals surface area (Å²) in [6.07, 6.45) is 2.88. The zero-order valence-electron chi connectivity index (χ0n) is 10.3. The van der Waals surface area contributed by atoms with E-state index in [1.165, 1.54) is 6.07 Å². The van der Waals surface area contributed by atoms with E-state index in [4.69, 9.17) is 0 Å². The minimum Gasteiger partial charge on any atom is -0.382 e. The quantitative estimate of drug-likeness (QED) is 0.783. The Morgan fingerprint density at radius 1 is 1.16 bits per heavy atom. The van der Waals surface area contributed by atoms with Crippen molar-refractivity contribution in [1.29, 1.82) is 0 Å². The maximum atomic E-state index is 13.9. The highest BCUT2D eigenvalue weighted by Crippen LogP contribution is 2.21. The third-order valence-corrected chi connectivity index (χ3v) is 2.64. The largest absolute Gasteiger partial charge is 0.382 e. The second-order valence-electron chi connectivity index (χ2n) is 3.93. The Labute approximate surface area is 110 Å². The van der Waals surface area contributed by atoms with Gasteiger partial charge in [0, 0.05) is 24.9 Å². The number of hydrogen-bond acceptors (Lipinski definition) is 3. The molecule has 0 bridgehead atoms. The summed E-state index contributed by atoms with van der Waals surface area (Å²) in [5, 5.41) is 5.31. The zero-order chi connectivity index (χ0) is 13.5. The normalized spacial score (nSPS) is 9.95. The van der Waals surface area contributed by atoms with Crippen LogP contribution in [0.5, 0.6) is 0 Å². The zero-order valence-corrected chi connectivity index (χ0v) is 10.3. The van der Waals surface area contributed by atoms with E-state index < -0.39 is 5.82 Å². The Hall–Kier alpha value is -2.43. The number of carbonyl (C=O) groups is 1. The van der Waals surface area contributed by atoms with Gasteiger partial charge in [-0.2, -0.15) is 0 Å². The summed E-state index contributed by atoms with van der Waals surface area (Å²) in [5.74, 6) is -0.462. The summed E-state index contributed by atoms with van der Waals surface area (Å²) in [6.45, 7) is 0.568. The second kappa shape index (κ2) is 6.49. The van der Waals surface area contributed by atoms with Gasteiger partial charge in [-0.15, -0.1) is 0 Å². The summed E-state index contributed by atoms with van der Waals surface area (Å²) < 4.78 is 13.9. The maximum Gasteiger partial charge on any atom is 0.211 e. The monoisotopic (exact) mass is 259 g/mol. The lowest BCUT2D eigenvalue weighted by molar-refractivity contribution is -0.105. The van der Waals surface area contributed by atoms with E-state index in [2.05, 4.69) is 15.6 Å². The summed E-state index contributed by atoms with van der Waals surface area (Å²) in [7, 11) is 0. The molecule has 0 saturated heterocycles. The van der Waals surface area contributed by atoms with Gasteiger partial charge < -0.3 is 10.6 Å². The lowest BCUT2D eigenvalue weighted by atomic mass is 10.2. The number of nitrogens with zero attached hydrogens (tertiary/aromatic N) is 1. The average Bonchev–Trinajstić information content (AvgIpc) is 2.44. The number of anilines is 2. The molecule has 5 heteroatoms. The van der Waals surface area contributed by atoms with Gasteiger partial charge in [0.25, 0.3) is 0 Å². The molecule has 0 unspecified atom stereocenters. The van der Waals surface area contributed by atoms with Crippen LogP contribution >= 0.6 is 0 Å². The van der Waals surface area contributed by atoms with Crippen LogP contribution in [0.2, 0.25) is 0 Å². The van der Waals surface area contributed by atoms with Gasteiger partial charge in [-0.05, 0) is 24.3 Å². The predicted molar refractivity (Wildman–Crippen MR) is 72.5 cm³/mol. The molecule has 0 radical (unpaired) electrons. The number of rotatable bonds is 6. The molecular weight excluding hydrogens is 245 g/mol. The highest BCUT2D eigenvalue weighted by atomic mass is 19.1. The van der Waals surface area contributed by atoms with E-state index in [-0.39, 0.29) is 5.69 Å². The molecule has 0 aliphatic rings. The van der Waals surface area contributed by atoms with Crippen molar-refractivity contribution in [2.75, 3.05) is 17.2 Å². The van der Waals surface area contributed by atoms with E-state index in [1.807, 2.05) is 18.2 Å². The molecule has 19 heavy (non-hydrogen) atoms. The van der Waals surface area contributed by atoms with Crippen molar-refractivity contribution >= 4 is 17.8 Å². The average molecular weight is 259 g/mol. The lowest BCUT2D eigenvalue weighted by Crippen LogP contribution is -2.08. The molecule has 98 valence electrons. The van der Waals surface area contributed by atoms with Gasteiger partial charge in [0.1, 0.15) is 0 Å². The molecule has 4 nitrogen and oxygen atoms in total. The molecule has 1 aromatic heterocycles. The van der Waals surface area contributed by atoms with Crippen LogP contribution in [-0.4, -0.2) is 17.9 Å². The molecule has 0 aliphatic heterocycles. The Kier molecular flexibility index (Phi) is 4.44. The SMILES string of the molecule is O=CNc1cccc(NCCc2ccccn2)c1F. The van der Waals surface area contributed by atoms with Crippen molar-refractivity contribution in [3.05, 3.63) is 54.1 Å². The fraction of sp³-hybridized carbons (Fsp3) is 0.143. The summed E-state index contributed by atoms with van der Waals surface area (Å²) in [5.41, 5.74) is 1.47. The van der Waals surface area contributed by atoms with Gasteiger partial charge in [-0.1, -0.05) is 12.1 Å². The van der Waals surface area contributed by atoms with Crippen LogP contribution in [0.3, 0.4) is 0 Å². The molecule has 0 saturated carbocycles. The Morgan fingerprint density at radius 3 is 2.74 bits per heavy atom. The Balaban J connectivity index is 1.96. The van der Waals surface area contributed by atoms with Crippen LogP contribution in [-0.2, 0) is 11.2 Å². The van der Waals surface area contributed by atoms with E-state index in [0.29, 0.717) is 25.1 Å². The van der Waals surface area contributed by atoms with Crippen molar-refractivity contribution in [3.8, 4) is 0 Å². The van der Waals surface area contributed by atoms with Crippen molar-refractivity contribution in [2.45, 2.75) is 6.42 Å². The van der Waals surface area contributed by atoms with Crippen LogP contribution in [0, 0.1) is 5.82 Å². The van der Waals surface area contributed by atoms with Crippen LogP contribution < -0.4 is 10.6 Å². The number of benzene rings is 1. The van der Waals surface area contributed by atoms with E-state index in [9.17, 15) is 9.18 Å². The van der Waals surface area contributed by atoms with Gasteiger partial charge in [-0.3, -0.25) is 9.78 Å². The summed E-state index contributed by atoms with van der Waals surface area (Å²) >= 11 is 0. The van der Waals surface area contributed by atoms with Crippen molar-refractivity contribution in [3.63, 3.8) is 0 Å². The van der Waals surface area contributed by atoms with E-state index >= 15 is 0 Å². The molecule has 2 aromatic rings. The standard InChI is InChI=1S/C14H14FN3O/c15-14-12(5-3-6-13(14)18-10-19)17-9-7-11-4-1-2-8-16-11/h1-6,8,10,17H,7,9H2,(H,18,19). The molecule has 2 N–H and O–H groups in total. The second-order valence-corrected chi connectivity index (χ2v) is 3.93. The minimum absolute atomic E-state index is 0.165. The third-order valence-electron chi connectivity index (χ3n) is 2.64. The van der Waals surface area contributed by atoms with Gasteiger partial charge in [0.2, 0.25) is 6.41 Å². The Morgan fingerprint density at radius 2 is 2.00 bits per heavy atom. The fourth-order valence-electron chi connectivity index (χ4n) is 1.71. The first-order valence-corrected chi connectivity index (χ1v) is 5.93. The Bertz CT molecular complexity index is 546. The predicted octanol–water partition coefficient (Wildman–Crippen LogP) is 2.44. The smallest absolute Gasteiger partial charge is 0.211 e. The van der Waals surface area contributed by atoms with Crippen LogP contribution in [0.25, 0.3) is 0 Å². The number of amides is 1. The van der Waals surface area contributed by atoms with Crippen LogP contribution in [0.15, 0.2) is 42.6 Å². The van der Waals surface area contributed by atoms with Crippen LogP contribution in [0.1, 0.15) is 5.69 Å². The minimum atomic E-state index is -0.462. The fourth-order valence-corrected chi connectivity index (χ4v) is 1.71. The molecular formula is C14H14FN3O. The van der Waals surface area contributed by atoms with Gasteiger partial charge in [0.05, 0.1) is 11.4 Å². The first-order chi connectivity index (χ1) is 9.31. The molecule has 1 heterocycles. The first kappa shape index (κ1) is 13.0. The van der Waals surface area contributed by atoms with Gasteiger partial charge >= 0.3 is 0 Å². The number of aromatic nitrogens is 1. The molecule has 1 amide bonds. The summed E-state index contributed by atoms with van der Waals surface area (Å²) in [6, 6.07) is 10.5. The van der Waals surface area contributed by atoms with E-state index in [0.717, 1.165) is 5.69 Å². The third kappa shape index (κ3) is 3.51. The highest BCUT2D eigenvalue weighted by Gasteiger charge is 2.06. The first-order valence-electron chi connectivity index (χ1n) is 5.93. The molecule has 1 aromatic carbocycles. The van der Waals surface area contributed by atoms with Crippen molar-refractivity contribution in [1.82, 2.24) is 4.98 Å². The number of carbonyl (C=O) groups excluding carboxylic acids is 1. The number of pyridine rings is 1. The topological polar surface area (TPSA) is 54.0 Å². The number of hydrogen-bond donors (Lipinski definition) is 2. The summed E-state index contributed by atoms with van der Waals surface area (Å²) in [4.78, 5) is 14.5. The molecule has 2 rings (SSSR count).